The molecule has 0 aromatic rings. The maximum atomic E-state index is 11.0. The number of ether oxygens (including phenoxy) is 2. The molecule has 0 N–H and O–H groups in total. The number of hydrogen-bond acceptors (Lipinski definition) is 4. The number of carbonyl (C=O) groups excluding carboxylic acids is 2. The summed E-state index contributed by atoms with van der Waals surface area (Å²) >= 11 is 0. The minimum atomic E-state index is -0.217. The Labute approximate surface area is 109 Å². The smallest absolute Gasteiger partial charge is 0.302 e. The van der Waals surface area contributed by atoms with Crippen molar-refractivity contribution in [3.05, 3.63) is 0 Å². The largest absolute Gasteiger partial charge is 0.466 e. The normalized spacial score (nSPS) is 23.4. The lowest BCUT2D eigenvalue weighted by Gasteiger charge is -2.30. The first kappa shape index (κ1) is 15.0. The van der Waals surface area contributed by atoms with Gasteiger partial charge < -0.3 is 9.47 Å². The Morgan fingerprint density at radius 3 is 2.44 bits per heavy atom. The van der Waals surface area contributed by atoms with Gasteiger partial charge in [-0.15, -0.1) is 0 Å². The highest BCUT2D eigenvalue weighted by molar-refractivity contribution is 5.66. The van der Waals surface area contributed by atoms with Gasteiger partial charge in [-0.05, 0) is 44.4 Å². The summed E-state index contributed by atoms with van der Waals surface area (Å²) < 4.78 is 10.3. The molecule has 0 heterocycles. The number of unbranched alkanes of at least 4 members (excludes halogenated alkanes) is 1. The molecular formula is C14H24O4. The first-order chi connectivity index (χ1) is 8.59. The zero-order valence-corrected chi connectivity index (χ0v) is 11.4. The van der Waals surface area contributed by atoms with Crippen LogP contribution in [-0.2, 0) is 19.1 Å². The third-order valence-electron chi connectivity index (χ3n) is 3.43. The van der Waals surface area contributed by atoms with Crippen molar-refractivity contribution in [1.29, 1.82) is 0 Å². The summed E-state index contributed by atoms with van der Waals surface area (Å²) in [5.74, 6) is 0.0947. The fourth-order valence-corrected chi connectivity index (χ4v) is 2.60. The third-order valence-corrected chi connectivity index (χ3v) is 3.43. The molecular weight excluding hydrogens is 232 g/mol. The van der Waals surface area contributed by atoms with Crippen molar-refractivity contribution >= 4 is 11.9 Å². The van der Waals surface area contributed by atoms with E-state index >= 15 is 0 Å². The lowest BCUT2D eigenvalue weighted by molar-refractivity contribution is -0.151. The van der Waals surface area contributed by atoms with Crippen molar-refractivity contribution in [2.75, 3.05) is 6.61 Å². The van der Waals surface area contributed by atoms with E-state index in [-0.39, 0.29) is 18.0 Å². The quantitative estimate of drug-likeness (QED) is 0.541. The summed E-state index contributed by atoms with van der Waals surface area (Å²) in [5, 5.41) is 0. The molecule has 2 unspecified atom stereocenters. The van der Waals surface area contributed by atoms with Gasteiger partial charge in [0.2, 0.25) is 0 Å². The van der Waals surface area contributed by atoms with Gasteiger partial charge >= 0.3 is 11.9 Å². The Balaban J connectivity index is 2.20. The van der Waals surface area contributed by atoms with E-state index in [1.54, 1.807) is 0 Å². The highest BCUT2D eigenvalue weighted by atomic mass is 16.5. The molecule has 1 rings (SSSR count). The van der Waals surface area contributed by atoms with Crippen molar-refractivity contribution < 1.29 is 19.1 Å². The van der Waals surface area contributed by atoms with Crippen LogP contribution < -0.4 is 0 Å². The Morgan fingerprint density at radius 1 is 1.06 bits per heavy atom. The predicted octanol–water partition coefficient (Wildman–Crippen LogP) is 2.84. The monoisotopic (exact) mass is 256 g/mol. The molecule has 1 saturated carbocycles. The average molecular weight is 256 g/mol. The lowest BCUT2D eigenvalue weighted by Crippen LogP contribution is -2.29. The first-order valence-corrected chi connectivity index (χ1v) is 6.90. The van der Waals surface area contributed by atoms with Gasteiger partial charge in [0.1, 0.15) is 6.10 Å². The second-order valence-electron chi connectivity index (χ2n) is 5.03. The maximum absolute atomic E-state index is 11.0. The van der Waals surface area contributed by atoms with Crippen LogP contribution in [0.2, 0.25) is 0 Å². The molecule has 0 aliphatic heterocycles. The van der Waals surface area contributed by atoms with Crippen LogP contribution in [0.5, 0.6) is 0 Å². The average Bonchev–Trinajstić information content (AvgIpc) is 2.29. The Morgan fingerprint density at radius 2 is 1.78 bits per heavy atom. The van der Waals surface area contributed by atoms with Crippen molar-refractivity contribution in [3.8, 4) is 0 Å². The molecule has 0 spiro atoms. The van der Waals surface area contributed by atoms with Crippen LogP contribution in [-0.4, -0.2) is 24.6 Å². The van der Waals surface area contributed by atoms with Crippen LogP contribution >= 0.6 is 0 Å². The van der Waals surface area contributed by atoms with E-state index in [1.165, 1.54) is 20.3 Å². The van der Waals surface area contributed by atoms with Crippen molar-refractivity contribution in [2.45, 2.75) is 64.9 Å². The van der Waals surface area contributed by atoms with Gasteiger partial charge in [-0.3, -0.25) is 9.59 Å². The second kappa shape index (κ2) is 8.11. The molecule has 0 radical (unpaired) electrons. The minimum Gasteiger partial charge on any atom is -0.466 e. The van der Waals surface area contributed by atoms with Crippen LogP contribution in [0.4, 0.5) is 0 Å². The van der Waals surface area contributed by atoms with E-state index in [1.807, 2.05) is 0 Å². The van der Waals surface area contributed by atoms with E-state index < -0.39 is 0 Å². The van der Waals surface area contributed by atoms with E-state index in [0.717, 1.165) is 38.5 Å². The third kappa shape index (κ3) is 6.03. The SMILES string of the molecule is CC(=O)OCCCCC1CCCCC1OC(C)=O. The molecule has 18 heavy (non-hydrogen) atoms. The molecule has 0 saturated heterocycles. The number of hydrogen-bond donors (Lipinski definition) is 0. The lowest BCUT2D eigenvalue weighted by atomic mass is 9.83. The Hall–Kier alpha value is -1.06. The fraction of sp³-hybridized carbons (Fsp3) is 0.857. The van der Waals surface area contributed by atoms with Gasteiger partial charge in [-0.1, -0.05) is 6.42 Å². The number of rotatable bonds is 6. The topological polar surface area (TPSA) is 52.6 Å². The zero-order valence-electron chi connectivity index (χ0n) is 11.4. The minimum absolute atomic E-state index is 0.102. The second-order valence-corrected chi connectivity index (χ2v) is 5.03. The first-order valence-electron chi connectivity index (χ1n) is 6.90. The maximum Gasteiger partial charge on any atom is 0.302 e. The highest BCUT2D eigenvalue weighted by Crippen LogP contribution is 2.30. The molecule has 4 nitrogen and oxygen atoms in total. The van der Waals surface area contributed by atoms with Gasteiger partial charge in [0.05, 0.1) is 6.61 Å². The predicted molar refractivity (Wildman–Crippen MR) is 68.0 cm³/mol. The van der Waals surface area contributed by atoms with Crippen LogP contribution in [0.25, 0.3) is 0 Å². The van der Waals surface area contributed by atoms with Crippen molar-refractivity contribution in [1.82, 2.24) is 0 Å². The van der Waals surface area contributed by atoms with Crippen LogP contribution in [0.15, 0.2) is 0 Å². The molecule has 0 aromatic heterocycles. The fourth-order valence-electron chi connectivity index (χ4n) is 2.60. The zero-order chi connectivity index (χ0) is 13.4. The molecule has 0 aromatic carbocycles. The van der Waals surface area contributed by atoms with E-state index in [2.05, 4.69) is 0 Å². The summed E-state index contributed by atoms with van der Waals surface area (Å²) in [4.78, 5) is 21.6. The van der Waals surface area contributed by atoms with Gasteiger partial charge in [-0.25, -0.2) is 0 Å². The Bertz CT molecular complexity index is 275. The molecule has 0 bridgehead atoms. The van der Waals surface area contributed by atoms with Gasteiger partial charge in [0.15, 0.2) is 0 Å². The van der Waals surface area contributed by atoms with Crippen molar-refractivity contribution in [3.63, 3.8) is 0 Å². The van der Waals surface area contributed by atoms with Gasteiger partial charge in [0, 0.05) is 13.8 Å². The Kier molecular flexibility index (Phi) is 6.76. The van der Waals surface area contributed by atoms with Crippen molar-refractivity contribution in [2.24, 2.45) is 5.92 Å². The molecule has 1 fully saturated rings. The standard InChI is InChI=1S/C14H24O4/c1-11(15)17-10-6-5-8-13-7-3-4-9-14(13)18-12(2)16/h13-14H,3-10H2,1-2H3. The van der Waals surface area contributed by atoms with Gasteiger partial charge in [0.25, 0.3) is 0 Å². The molecule has 2 atom stereocenters. The molecule has 1 aliphatic carbocycles. The molecule has 1 aliphatic rings. The van der Waals surface area contributed by atoms with Gasteiger partial charge in [-0.2, -0.15) is 0 Å². The number of esters is 2. The highest BCUT2D eigenvalue weighted by Gasteiger charge is 2.26. The van der Waals surface area contributed by atoms with Crippen LogP contribution in [0.1, 0.15) is 58.8 Å². The molecule has 4 heteroatoms. The van der Waals surface area contributed by atoms with Crippen LogP contribution in [0.3, 0.4) is 0 Å². The number of carbonyl (C=O) groups is 2. The summed E-state index contributed by atoms with van der Waals surface area (Å²) in [6, 6.07) is 0. The summed E-state index contributed by atoms with van der Waals surface area (Å²) in [7, 11) is 0. The molecule has 0 amide bonds. The van der Waals surface area contributed by atoms with Crippen LogP contribution in [0, 0.1) is 5.92 Å². The summed E-state index contributed by atoms with van der Waals surface area (Å²) in [6.07, 6.45) is 7.59. The summed E-state index contributed by atoms with van der Waals surface area (Å²) in [6.45, 7) is 3.41. The van der Waals surface area contributed by atoms with E-state index in [9.17, 15) is 9.59 Å². The summed E-state index contributed by atoms with van der Waals surface area (Å²) in [5.41, 5.74) is 0. The van der Waals surface area contributed by atoms with E-state index in [0.29, 0.717) is 12.5 Å². The molecule has 104 valence electrons. The van der Waals surface area contributed by atoms with E-state index in [4.69, 9.17) is 9.47 Å².